The highest BCUT2D eigenvalue weighted by Gasteiger charge is 1.87. The largest absolute Gasteiger partial charge is 0.449 e. The van der Waals surface area contributed by atoms with Gasteiger partial charge >= 0.3 is 0 Å². The van der Waals surface area contributed by atoms with Crippen LogP contribution in [0.2, 0.25) is 0 Å². The zero-order chi connectivity index (χ0) is 5.15. The fraction of sp³-hybridized carbons (Fsp3) is 0.500. The lowest BCUT2D eigenvalue weighted by molar-refractivity contribution is -0.121. The van der Waals surface area contributed by atoms with Crippen molar-refractivity contribution in [3.05, 3.63) is 0 Å². The van der Waals surface area contributed by atoms with Crippen molar-refractivity contribution in [2.75, 3.05) is 0 Å². The molecule has 0 heterocycles. The fourth-order valence-electron chi connectivity index (χ4n) is 0. The van der Waals surface area contributed by atoms with Gasteiger partial charge in [-0.15, -0.1) is 0 Å². The molecule has 28 valence electrons. The van der Waals surface area contributed by atoms with Gasteiger partial charge < -0.3 is 4.72 Å². The molecule has 1 amide bonds. The Morgan fingerprint density at radius 3 is 1.83 bits per heavy atom. The normalized spacial score (nSPS) is 7.50. The Hall–Kier alpha value is -0.400. The van der Waals surface area contributed by atoms with E-state index in [0.29, 0.717) is 4.72 Å². The van der Waals surface area contributed by atoms with Gasteiger partial charge in [0.25, 0.3) is 0 Å². The number of carbonyl (C=O) groups excluding carboxylic acids is 1. The Bertz CT molecular complexity index is 62.6. The molecule has 0 bridgehead atoms. The van der Waals surface area contributed by atoms with Crippen LogP contribution in [-0.2, 0) is 4.79 Å². The van der Waals surface area contributed by atoms with Crippen LogP contribution in [-0.4, -0.2) is 26.6 Å². The predicted octanol–water partition coefficient (Wildman–Crippen LogP) is -0.998. The Morgan fingerprint density at radius 1 is 1.67 bits per heavy atom. The molecule has 4 radical (unpaired) electrons. The van der Waals surface area contributed by atoms with E-state index in [1.54, 1.807) is 0 Å². The van der Waals surface area contributed by atoms with E-state index in [-0.39, 0.29) is 5.91 Å². The Labute approximate surface area is 39.4 Å². The van der Waals surface area contributed by atoms with Gasteiger partial charge in [0.1, 0.15) is 0 Å². The second-order valence-electron chi connectivity index (χ2n) is 0.926. The first-order valence-corrected chi connectivity index (χ1v) is 1.44. The number of amides is 1. The standard InChI is InChI=1S/C2H3B2NO/c1-2(6)5(3)4/h1H3. The van der Waals surface area contributed by atoms with Crippen LogP contribution >= 0.6 is 0 Å². The molecule has 0 saturated heterocycles. The van der Waals surface area contributed by atoms with E-state index in [4.69, 9.17) is 16.0 Å². The lowest BCUT2D eigenvalue weighted by Crippen LogP contribution is -2.21. The van der Waals surface area contributed by atoms with Gasteiger partial charge in [0.05, 0.1) is 0 Å². The van der Waals surface area contributed by atoms with E-state index in [9.17, 15) is 4.79 Å². The summed E-state index contributed by atoms with van der Waals surface area (Å²) in [6.45, 7) is 1.28. The monoisotopic (exact) mass is 79.0 g/mol. The number of hydrogen-bond acceptors (Lipinski definition) is 1. The molecule has 0 aromatic heterocycles. The van der Waals surface area contributed by atoms with E-state index in [0.717, 1.165) is 0 Å². The maximum Gasteiger partial charge on any atom is 0.211 e. The average Bonchev–Trinajstić information content (AvgIpc) is 1.36. The summed E-state index contributed by atoms with van der Waals surface area (Å²) in [7, 11) is 9.39. The third kappa shape index (κ3) is 1.88. The summed E-state index contributed by atoms with van der Waals surface area (Å²) >= 11 is 0. The summed E-state index contributed by atoms with van der Waals surface area (Å²) < 4.78 is 0.528. The van der Waals surface area contributed by atoms with Gasteiger partial charge in [-0.25, -0.2) is 0 Å². The molecular weight excluding hydrogens is 75.7 g/mol. The molecule has 0 aliphatic rings. The topological polar surface area (TPSA) is 20.3 Å². The fourth-order valence-corrected chi connectivity index (χ4v) is 0. The molecule has 0 fully saturated rings. The molecule has 2 nitrogen and oxygen atoms in total. The van der Waals surface area contributed by atoms with Crippen molar-refractivity contribution in [3.8, 4) is 0 Å². The van der Waals surface area contributed by atoms with Gasteiger partial charge in [0.15, 0.2) is 5.91 Å². The Kier molecular flexibility index (Phi) is 1.77. The minimum Gasteiger partial charge on any atom is -0.449 e. The molecule has 0 saturated carbocycles. The molecule has 0 aliphatic carbocycles. The van der Waals surface area contributed by atoms with Crippen molar-refractivity contribution >= 4 is 21.9 Å². The maximum absolute atomic E-state index is 9.82. The molecule has 6 heavy (non-hydrogen) atoms. The Balaban J connectivity index is 3.26. The van der Waals surface area contributed by atoms with Gasteiger partial charge in [0, 0.05) is 6.92 Å². The molecule has 0 aliphatic heterocycles. The van der Waals surface area contributed by atoms with E-state index in [1.807, 2.05) is 0 Å². The Morgan fingerprint density at radius 2 is 1.83 bits per heavy atom. The molecule has 0 rings (SSSR count). The number of rotatable bonds is 0. The summed E-state index contributed by atoms with van der Waals surface area (Å²) in [4.78, 5) is 9.82. The molecule has 4 heteroatoms. The van der Waals surface area contributed by atoms with Crippen molar-refractivity contribution in [3.63, 3.8) is 0 Å². The summed E-state index contributed by atoms with van der Waals surface area (Å²) in [6.07, 6.45) is 0. The quantitative estimate of drug-likeness (QED) is 0.341. The van der Waals surface area contributed by atoms with Crippen molar-refractivity contribution in [2.24, 2.45) is 0 Å². The van der Waals surface area contributed by atoms with Gasteiger partial charge in [-0.1, -0.05) is 0 Å². The van der Waals surface area contributed by atoms with E-state index in [1.165, 1.54) is 6.92 Å². The van der Waals surface area contributed by atoms with Crippen LogP contribution in [0.15, 0.2) is 0 Å². The highest BCUT2D eigenvalue weighted by Crippen LogP contribution is 1.66. The lowest BCUT2D eigenvalue weighted by atomic mass is 10.2. The predicted molar refractivity (Wildman–Crippen MR) is 24.0 cm³/mol. The first kappa shape index (κ1) is 5.60. The number of nitrogens with zero attached hydrogens (tertiary/aromatic N) is 1. The minimum atomic E-state index is -0.352. The van der Waals surface area contributed by atoms with Crippen LogP contribution in [0, 0.1) is 0 Å². The van der Waals surface area contributed by atoms with Crippen molar-refractivity contribution < 1.29 is 4.79 Å². The zero-order valence-electron chi connectivity index (χ0n) is 3.51. The van der Waals surface area contributed by atoms with Crippen molar-refractivity contribution in [1.82, 2.24) is 4.72 Å². The molecule has 0 atom stereocenters. The van der Waals surface area contributed by atoms with Crippen LogP contribution in [0.3, 0.4) is 0 Å². The SMILES string of the molecule is [B]N([B])C(C)=O. The van der Waals surface area contributed by atoms with Gasteiger partial charge in [-0.2, -0.15) is 0 Å². The van der Waals surface area contributed by atoms with Crippen LogP contribution in [0.5, 0.6) is 0 Å². The van der Waals surface area contributed by atoms with Gasteiger partial charge in [-0.05, 0) is 0 Å². The maximum atomic E-state index is 9.82. The minimum absolute atomic E-state index is 0.352. The van der Waals surface area contributed by atoms with Crippen LogP contribution in [0.1, 0.15) is 6.92 Å². The van der Waals surface area contributed by atoms with E-state index < -0.39 is 0 Å². The van der Waals surface area contributed by atoms with E-state index in [2.05, 4.69) is 0 Å². The van der Waals surface area contributed by atoms with Crippen molar-refractivity contribution in [1.29, 1.82) is 0 Å². The van der Waals surface area contributed by atoms with Crippen LogP contribution in [0.25, 0.3) is 0 Å². The van der Waals surface area contributed by atoms with Gasteiger partial charge in [0.2, 0.25) is 16.0 Å². The number of carbonyl (C=O) groups is 1. The summed E-state index contributed by atoms with van der Waals surface area (Å²) in [5.41, 5.74) is 0. The number of hydrogen-bond donors (Lipinski definition) is 0. The summed E-state index contributed by atoms with van der Waals surface area (Å²) in [5, 5.41) is 0. The van der Waals surface area contributed by atoms with Crippen LogP contribution in [0.4, 0.5) is 0 Å². The second kappa shape index (κ2) is 1.90. The average molecular weight is 78.7 g/mol. The molecular formula is C2H3B2NO. The molecule has 0 unspecified atom stereocenters. The zero-order valence-corrected chi connectivity index (χ0v) is 3.51. The molecule has 0 N–H and O–H groups in total. The molecule has 0 spiro atoms. The van der Waals surface area contributed by atoms with E-state index >= 15 is 0 Å². The summed E-state index contributed by atoms with van der Waals surface area (Å²) in [5.74, 6) is -0.352. The first-order valence-electron chi connectivity index (χ1n) is 1.44. The molecule has 0 aromatic rings. The highest BCUT2D eigenvalue weighted by atomic mass is 16.1. The third-order valence-corrected chi connectivity index (χ3v) is 0.364. The van der Waals surface area contributed by atoms with Crippen LogP contribution < -0.4 is 0 Å². The van der Waals surface area contributed by atoms with Gasteiger partial charge in [-0.3, -0.25) is 4.79 Å². The summed E-state index contributed by atoms with van der Waals surface area (Å²) in [6, 6.07) is 0. The highest BCUT2D eigenvalue weighted by molar-refractivity contribution is 6.33. The molecule has 0 aromatic carbocycles. The van der Waals surface area contributed by atoms with Crippen molar-refractivity contribution in [2.45, 2.75) is 6.92 Å². The lowest BCUT2D eigenvalue weighted by Gasteiger charge is -2.03. The smallest absolute Gasteiger partial charge is 0.211 e. The second-order valence-corrected chi connectivity index (χ2v) is 0.926. The first-order chi connectivity index (χ1) is 2.64. The third-order valence-electron chi connectivity index (χ3n) is 0.364.